The Morgan fingerprint density at radius 3 is 2.21 bits per heavy atom. The molecule has 0 unspecified atom stereocenters. The molecule has 0 radical (unpaired) electrons. The first kappa shape index (κ1) is 21.7. The lowest BCUT2D eigenvalue weighted by Crippen LogP contribution is -2.32. The van der Waals surface area contributed by atoms with Crippen LogP contribution in [0.25, 0.3) is 5.57 Å². The van der Waals surface area contributed by atoms with Crippen molar-refractivity contribution in [3.63, 3.8) is 0 Å². The van der Waals surface area contributed by atoms with Crippen molar-refractivity contribution in [3.8, 4) is 17.6 Å². The Labute approximate surface area is 191 Å². The summed E-state index contributed by atoms with van der Waals surface area (Å²) in [6.07, 6.45) is 0. The Balaban J connectivity index is 1.85. The molecule has 0 aromatic heterocycles. The fourth-order valence-corrected chi connectivity index (χ4v) is 3.67. The zero-order chi connectivity index (χ0) is 23.5. The maximum atomic E-state index is 13.6. The third-order valence-electron chi connectivity index (χ3n) is 5.42. The van der Waals surface area contributed by atoms with Gasteiger partial charge in [-0.05, 0) is 60.5 Å². The SMILES string of the molecule is COc1ccc(C2=C(Nc3ccccc3C)C(=O)N(c3ccc(C#N)cc3)C2=O)cc1OC. The molecule has 0 saturated carbocycles. The highest BCUT2D eigenvalue weighted by atomic mass is 16.5. The van der Waals surface area contributed by atoms with Crippen LogP contribution in [0.4, 0.5) is 11.4 Å². The van der Waals surface area contributed by atoms with Gasteiger partial charge in [-0.1, -0.05) is 24.3 Å². The van der Waals surface area contributed by atoms with E-state index in [0.717, 1.165) is 10.5 Å². The first-order valence-corrected chi connectivity index (χ1v) is 10.2. The number of carbonyl (C=O) groups is 2. The molecule has 164 valence electrons. The van der Waals surface area contributed by atoms with Crippen LogP contribution in [0.3, 0.4) is 0 Å². The number of carbonyl (C=O) groups excluding carboxylic acids is 2. The van der Waals surface area contributed by atoms with Crippen LogP contribution in [-0.4, -0.2) is 26.0 Å². The summed E-state index contributed by atoms with van der Waals surface area (Å²) in [5.74, 6) is -0.0171. The molecule has 1 N–H and O–H groups in total. The van der Waals surface area contributed by atoms with E-state index < -0.39 is 11.8 Å². The van der Waals surface area contributed by atoms with E-state index in [1.54, 1.807) is 42.5 Å². The summed E-state index contributed by atoms with van der Waals surface area (Å²) in [4.78, 5) is 28.2. The molecule has 1 aliphatic rings. The van der Waals surface area contributed by atoms with E-state index in [4.69, 9.17) is 14.7 Å². The smallest absolute Gasteiger partial charge is 0.282 e. The second kappa shape index (κ2) is 8.89. The summed E-state index contributed by atoms with van der Waals surface area (Å²) in [6, 6.07) is 20.9. The molecule has 0 atom stereocenters. The quantitative estimate of drug-likeness (QED) is 0.577. The molecule has 1 heterocycles. The van der Waals surface area contributed by atoms with Gasteiger partial charge in [-0.15, -0.1) is 0 Å². The Bertz CT molecular complexity index is 1320. The summed E-state index contributed by atoms with van der Waals surface area (Å²) >= 11 is 0. The number of amides is 2. The van der Waals surface area contributed by atoms with Gasteiger partial charge in [0.1, 0.15) is 5.70 Å². The van der Waals surface area contributed by atoms with E-state index in [2.05, 4.69) is 5.32 Å². The minimum Gasteiger partial charge on any atom is -0.493 e. The Morgan fingerprint density at radius 1 is 0.879 bits per heavy atom. The summed E-state index contributed by atoms with van der Waals surface area (Å²) in [5.41, 5.74) is 3.34. The fourth-order valence-electron chi connectivity index (χ4n) is 3.67. The van der Waals surface area contributed by atoms with Crippen LogP contribution >= 0.6 is 0 Å². The summed E-state index contributed by atoms with van der Waals surface area (Å²) in [5, 5.41) is 12.2. The van der Waals surface area contributed by atoms with Gasteiger partial charge in [0.2, 0.25) is 0 Å². The van der Waals surface area contributed by atoms with E-state index in [9.17, 15) is 9.59 Å². The highest BCUT2D eigenvalue weighted by Gasteiger charge is 2.40. The number of para-hydroxylation sites is 1. The minimum absolute atomic E-state index is 0.158. The van der Waals surface area contributed by atoms with Crippen LogP contribution in [0.15, 0.2) is 72.4 Å². The van der Waals surface area contributed by atoms with Crippen LogP contribution in [-0.2, 0) is 9.59 Å². The van der Waals surface area contributed by atoms with Gasteiger partial charge in [0.05, 0.1) is 37.1 Å². The summed E-state index contributed by atoms with van der Waals surface area (Å²) < 4.78 is 10.7. The number of ether oxygens (including phenoxy) is 2. The number of nitrogens with zero attached hydrogens (tertiary/aromatic N) is 2. The van der Waals surface area contributed by atoms with Gasteiger partial charge < -0.3 is 14.8 Å². The predicted molar refractivity (Wildman–Crippen MR) is 125 cm³/mol. The standard InChI is InChI=1S/C26H21N3O4/c1-16-6-4-5-7-20(16)28-24-23(18-10-13-21(32-2)22(14-18)33-3)25(30)29(26(24)31)19-11-8-17(15-27)9-12-19/h4-14,28H,1-3H3. The highest BCUT2D eigenvalue weighted by molar-refractivity contribution is 6.46. The number of methoxy groups -OCH3 is 2. The molecule has 2 amide bonds. The van der Waals surface area contributed by atoms with Crippen molar-refractivity contribution in [2.45, 2.75) is 6.92 Å². The van der Waals surface area contributed by atoms with Crippen molar-refractivity contribution in [2.75, 3.05) is 24.4 Å². The van der Waals surface area contributed by atoms with Crippen LogP contribution < -0.4 is 19.7 Å². The van der Waals surface area contributed by atoms with E-state index >= 15 is 0 Å². The van der Waals surface area contributed by atoms with Crippen molar-refractivity contribution < 1.29 is 19.1 Å². The van der Waals surface area contributed by atoms with E-state index in [-0.39, 0.29) is 11.3 Å². The van der Waals surface area contributed by atoms with Crippen molar-refractivity contribution in [1.29, 1.82) is 5.26 Å². The van der Waals surface area contributed by atoms with Crippen molar-refractivity contribution in [2.24, 2.45) is 0 Å². The number of imide groups is 1. The first-order chi connectivity index (χ1) is 16.0. The molecule has 7 nitrogen and oxygen atoms in total. The molecule has 3 aromatic carbocycles. The van der Waals surface area contributed by atoms with Gasteiger partial charge in [0.15, 0.2) is 11.5 Å². The molecule has 33 heavy (non-hydrogen) atoms. The lowest BCUT2D eigenvalue weighted by atomic mass is 10.0. The number of nitriles is 1. The number of hydrogen-bond acceptors (Lipinski definition) is 6. The van der Waals surface area contributed by atoms with E-state index in [0.29, 0.717) is 34.0 Å². The Morgan fingerprint density at radius 2 is 1.58 bits per heavy atom. The lowest BCUT2D eigenvalue weighted by molar-refractivity contribution is -0.120. The third-order valence-corrected chi connectivity index (χ3v) is 5.42. The zero-order valence-electron chi connectivity index (χ0n) is 18.4. The van der Waals surface area contributed by atoms with Gasteiger partial charge in [-0.25, -0.2) is 4.90 Å². The molecule has 1 aliphatic heterocycles. The average Bonchev–Trinajstić information content (AvgIpc) is 3.09. The molecule has 3 aromatic rings. The molecule has 0 fully saturated rings. The normalized spacial score (nSPS) is 13.2. The number of nitrogens with one attached hydrogen (secondary N) is 1. The van der Waals surface area contributed by atoms with Gasteiger partial charge in [-0.2, -0.15) is 5.26 Å². The number of hydrogen-bond donors (Lipinski definition) is 1. The Kier molecular flexibility index (Phi) is 5.83. The number of aryl methyl sites for hydroxylation is 1. The van der Waals surface area contributed by atoms with Crippen molar-refractivity contribution in [1.82, 2.24) is 0 Å². The van der Waals surface area contributed by atoms with Gasteiger partial charge in [0, 0.05) is 5.69 Å². The first-order valence-electron chi connectivity index (χ1n) is 10.2. The van der Waals surface area contributed by atoms with E-state index in [1.807, 2.05) is 37.3 Å². The van der Waals surface area contributed by atoms with E-state index in [1.165, 1.54) is 14.2 Å². The monoisotopic (exact) mass is 439 g/mol. The summed E-state index contributed by atoms with van der Waals surface area (Å²) in [6.45, 7) is 1.92. The predicted octanol–water partition coefficient (Wildman–Crippen LogP) is 4.28. The molecule has 0 aliphatic carbocycles. The molecular formula is C26H21N3O4. The second-order valence-corrected chi connectivity index (χ2v) is 7.36. The number of benzene rings is 3. The fraction of sp³-hybridized carbons (Fsp3) is 0.115. The van der Waals surface area contributed by atoms with Crippen molar-refractivity contribution >= 4 is 28.8 Å². The molecule has 0 spiro atoms. The topological polar surface area (TPSA) is 91.7 Å². The summed E-state index contributed by atoms with van der Waals surface area (Å²) in [7, 11) is 3.03. The van der Waals surface area contributed by atoms with Crippen LogP contribution in [0, 0.1) is 18.3 Å². The highest BCUT2D eigenvalue weighted by Crippen LogP contribution is 2.37. The Hall–Kier alpha value is -4.57. The largest absolute Gasteiger partial charge is 0.493 e. The number of rotatable bonds is 6. The second-order valence-electron chi connectivity index (χ2n) is 7.36. The molecule has 0 bridgehead atoms. The molecule has 7 heteroatoms. The maximum absolute atomic E-state index is 13.6. The van der Waals surface area contributed by atoms with Gasteiger partial charge in [0.25, 0.3) is 11.8 Å². The molecular weight excluding hydrogens is 418 g/mol. The average molecular weight is 439 g/mol. The maximum Gasteiger partial charge on any atom is 0.282 e. The van der Waals surface area contributed by atoms with Gasteiger partial charge >= 0.3 is 0 Å². The van der Waals surface area contributed by atoms with Crippen LogP contribution in [0.1, 0.15) is 16.7 Å². The number of anilines is 2. The van der Waals surface area contributed by atoms with Crippen LogP contribution in [0.2, 0.25) is 0 Å². The van der Waals surface area contributed by atoms with Crippen LogP contribution in [0.5, 0.6) is 11.5 Å². The molecule has 0 saturated heterocycles. The lowest BCUT2D eigenvalue weighted by Gasteiger charge is -2.16. The van der Waals surface area contributed by atoms with Gasteiger partial charge in [-0.3, -0.25) is 9.59 Å². The third kappa shape index (κ3) is 3.90. The zero-order valence-corrected chi connectivity index (χ0v) is 18.4. The molecule has 4 rings (SSSR count). The minimum atomic E-state index is -0.488. The van der Waals surface area contributed by atoms with Crippen molar-refractivity contribution in [3.05, 3.63) is 89.1 Å².